The number of nitrogens with one attached hydrogen (secondary N) is 2. The minimum absolute atomic E-state index is 0. The Bertz CT molecular complexity index is 428. The van der Waals surface area contributed by atoms with Crippen molar-refractivity contribution in [3.63, 3.8) is 0 Å². The van der Waals surface area contributed by atoms with Gasteiger partial charge < -0.3 is 10.6 Å². The van der Waals surface area contributed by atoms with Crippen molar-refractivity contribution in [1.82, 2.24) is 20.4 Å². The van der Waals surface area contributed by atoms with E-state index in [1.165, 1.54) is 32.1 Å². The summed E-state index contributed by atoms with van der Waals surface area (Å²) in [6, 6.07) is 2.00. The van der Waals surface area contributed by atoms with Gasteiger partial charge in [-0.1, -0.05) is 39.5 Å². The number of aryl methyl sites for hydroxylation is 1. The van der Waals surface area contributed by atoms with Crippen molar-refractivity contribution in [3.8, 4) is 0 Å². The van der Waals surface area contributed by atoms with E-state index in [9.17, 15) is 0 Å². The van der Waals surface area contributed by atoms with Gasteiger partial charge in [0, 0.05) is 26.3 Å². The average molecular weight is 435 g/mol. The lowest BCUT2D eigenvalue weighted by molar-refractivity contribution is 0.518. The van der Waals surface area contributed by atoms with Gasteiger partial charge in [-0.05, 0) is 25.3 Å². The van der Waals surface area contributed by atoms with E-state index in [2.05, 4.69) is 41.5 Å². The largest absolute Gasteiger partial charge is 0.357 e. The molecule has 0 aliphatic heterocycles. The van der Waals surface area contributed by atoms with Crippen LogP contribution in [-0.4, -0.2) is 28.8 Å². The van der Waals surface area contributed by atoms with Crippen molar-refractivity contribution >= 4 is 29.9 Å². The lowest BCUT2D eigenvalue weighted by Crippen LogP contribution is -2.37. The van der Waals surface area contributed by atoms with Crippen molar-refractivity contribution in [2.75, 3.05) is 13.1 Å². The molecule has 0 bridgehead atoms. The van der Waals surface area contributed by atoms with E-state index in [4.69, 9.17) is 0 Å². The maximum Gasteiger partial charge on any atom is 0.191 e. The summed E-state index contributed by atoms with van der Waals surface area (Å²) in [7, 11) is 1.95. The molecule has 0 aromatic carbocycles. The van der Waals surface area contributed by atoms with Crippen molar-refractivity contribution in [3.05, 3.63) is 18.0 Å². The number of nitrogens with zero attached hydrogens (tertiary/aromatic N) is 3. The summed E-state index contributed by atoms with van der Waals surface area (Å²) < 4.78 is 1.86. The lowest BCUT2D eigenvalue weighted by Gasteiger charge is -2.11. The van der Waals surface area contributed by atoms with Crippen molar-refractivity contribution in [2.24, 2.45) is 18.0 Å². The summed E-state index contributed by atoms with van der Waals surface area (Å²) in [4.78, 5) is 4.61. The first-order valence-electron chi connectivity index (χ1n) is 8.62. The molecule has 5 nitrogen and oxygen atoms in total. The van der Waals surface area contributed by atoms with Crippen LogP contribution in [-0.2, 0) is 13.6 Å². The normalized spacial score (nSPS) is 11.4. The first kappa shape index (κ1) is 22.2. The Hall–Kier alpha value is -0.790. The molecule has 0 atom stereocenters. The Balaban J connectivity index is 0.00000484. The van der Waals surface area contributed by atoms with E-state index in [1.54, 1.807) is 0 Å². The topological polar surface area (TPSA) is 54.2 Å². The van der Waals surface area contributed by atoms with E-state index < -0.39 is 0 Å². The van der Waals surface area contributed by atoms with Crippen molar-refractivity contribution in [2.45, 2.75) is 59.4 Å². The fourth-order valence-electron chi connectivity index (χ4n) is 2.30. The molecule has 6 heteroatoms. The van der Waals surface area contributed by atoms with Crippen LogP contribution in [0.5, 0.6) is 0 Å². The molecule has 1 aromatic rings. The van der Waals surface area contributed by atoms with Crippen LogP contribution >= 0.6 is 24.0 Å². The predicted molar refractivity (Wildman–Crippen MR) is 109 cm³/mol. The molecule has 23 heavy (non-hydrogen) atoms. The Morgan fingerprint density at radius 3 is 2.57 bits per heavy atom. The molecule has 0 amide bonds. The molecule has 0 unspecified atom stereocenters. The van der Waals surface area contributed by atoms with Crippen molar-refractivity contribution < 1.29 is 0 Å². The van der Waals surface area contributed by atoms with Gasteiger partial charge in [0.2, 0.25) is 0 Å². The second kappa shape index (κ2) is 13.6. The highest BCUT2D eigenvalue weighted by Gasteiger charge is 2.00. The maximum atomic E-state index is 4.61. The number of rotatable bonds is 10. The highest BCUT2D eigenvalue weighted by molar-refractivity contribution is 14.0. The predicted octanol–water partition coefficient (Wildman–Crippen LogP) is 3.70. The number of halogens is 1. The summed E-state index contributed by atoms with van der Waals surface area (Å²) in [6.45, 7) is 9.20. The number of unbranched alkanes of at least 4 members (excludes halogenated alkanes) is 3. The van der Waals surface area contributed by atoms with Crippen LogP contribution in [0.2, 0.25) is 0 Å². The van der Waals surface area contributed by atoms with Gasteiger partial charge in [-0.25, -0.2) is 4.99 Å². The fourth-order valence-corrected chi connectivity index (χ4v) is 2.30. The van der Waals surface area contributed by atoms with E-state index >= 15 is 0 Å². The van der Waals surface area contributed by atoms with Gasteiger partial charge in [-0.3, -0.25) is 4.68 Å². The SMILES string of the molecule is CCNC(=NCc1ccnn1C)NCCCCCCC(C)C.I. The van der Waals surface area contributed by atoms with Gasteiger partial charge in [0.1, 0.15) is 0 Å². The second-order valence-corrected chi connectivity index (χ2v) is 6.16. The third-order valence-electron chi connectivity index (χ3n) is 3.67. The Morgan fingerprint density at radius 2 is 1.96 bits per heavy atom. The molecule has 0 aliphatic rings. The summed E-state index contributed by atoms with van der Waals surface area (Å²) in [6.07, 6.45) is 8.34. The zero-order chi connectivity index (χ0) is 16.2. The van der Waals surface area contributed by atoms with Gasteiger partial charge in [0.15, 0.2) is 5.96 Å². The maximum absolute atomic E-state index is 4.61. The number of hydrogen-bond donors (Lipinski definition) is 2. The molecule has 1 heterocycles. The second-order valence-electron chi connectivity index (χ2n) is 6.16. The quantitative estimate of drug-likeness (QED) is 0.255. The zero-order valence-electron chi connectivity index (χ0n) is 15.1. The van der Waals surface area contributed by atoms with Crippen LogP contribution in [0.3, 0.4) is 0 Å². The third kappa shape index (κ3) is 10.6. The molecular weight excluding hydrogens is 401 g/mol. The summed E-state index contributed by atoms with van der Waals surface area (Å²) in [5.41, 5.74) is 1.12. The van der Waals surface area contributed by atoms with Crippen LogP contribution in [0.4, 0.5) is 0 Å². The fraction of sp³-hybridized carbons (Fsp3) is 0.765. The van der Waals surface area contributed by atoms with Gasteiger partial charge in [0.25, 0.3) is 0 Å². The van der Waals surface area contributed by atoms with Gasteiger partial charge in [-0.2, -0.15) is 5.10 Å². The number of guanidine groups is 1. The van der Waals surface area contributed by atoms with Crippen LogP contribution < -0.4 is 10.6 Å². The minimum Gasteiger partial charge on any atom is -0.357 e. The van der Waals surface area contributed by atoms with Crippen LogP contribution in [0, 0.1) is 5.92 Å². The molecule has 2 N–H and O–H groups in total. The Kier molecular flexibility index (Phi) is 13.2. The van der Waals surface area contributed by atoms with Gasteiger partial charge in [0.05, 0.1) is 12.2 Å². The van der Waals surface area contributed by atoms with Crippen molar-refractivity contribution in [1.29, 1.82) is 0 Å². The average Bonchev–Trinajstić information content (AvgIpc) is 2.88. The number of hydrogen-bond acceptors (Lipinski definition) is 2. The first-order chi connectivity index (χ1) is 10.6. The van der Waals surface area contributed by atoms with E-state index in [1.807, 2.05) is 24.0 Å². The van der Waals surface area contributed by atoms with Crippen LogP contribution in [0.25, 0.3) is 0 Å². The third-order valence-corrected chi connectivity index (χ3v) is 3.67. The molecule has 134 valence electrons. The molecule has 0 saturated carbocycles. The summed E-state index contributed by atoms with van der Waals surface area (Å²) in [5, 5.41) is 10.9. The lowest BCUT2D eigenvalue weighted by atomic mass is 10.0. The van der Waals surface area contributed by atoms with Gasteiger partial charge in [-0.15, -0.1) is 24.0 Å². The van der Waals surface area contributed by atoms with E-state index in [0.717, 1.165) is 30.7 Å². The number of aliphatic imine (C=N–C) groups is 1. The van der Waals surface area contributed by atoms with Crippen LogP contribution in [0.15, 0.2) is 17.3 Å². The standard InChI is InChI=1S/C17H33N5.HI/c1-5-18-17(20-14-16-11-13-21-22(16)4)19-12-9-7-6-8-10-15(2)3;/h11,13,15H,5-10,12,14H2,1-4H3,(H2,18,19,20);1H. The highest BCUT2D eigenvalue weighted by Crippen LogP contribution is 2.08. The summed E-state index contributed by atoms with van der Waals surface area (Å²) >= 11 is 0. The highest BCUT2D eigenvalue weighted by atomic mass is 127. The van der Waals surface area contributed by atoms with E-state index in [-0.39, 0.29) is 24.0 Å². The Morgan fingerprint density at radius 1 is 1.22 bits per heavy atom. The molecule has 0 aliphatic carbocycles. The van der Waals surface area contributed by atoms with Gasteiger partial charge >= 0.3 is 0 Å². The monoisotopic (exact) mass is 435 g/mol. The molecule has 0 saturated heterocycles. The zero-order valence-corrected chi connectivity index (χ0v) is 17.5. The van der Waals surface area contributed by atoms with Crippen LogP contribution in [0.1, 0.15) is 58.6 Å². The molecule has 0 radical (unpaired) electrons. The molecule has 0 spiro atoms. The number of aromatic nitrogens is 2. The molecule has 0 fully saturated rings. The molecule has 1 aromatic heterocycles. The van der Waals surface area contributed by atoms with E-state index in [0.29, 0.717) is 6.54 Å². The smallest absolute Gasteiger partial charge is 0.191 e. The molecule has 1 rings (SSSR count). The molecular formula is C17H34IN5. The minimum atomic E-state index is 0. The summed E-state index contributed by atoms with van der Waals surface area (Å²) in [5.74, 6) is 1.73. The Labute approximate surface area is 158 Å². The first-order valence-corrected chi connectivity index (χ1v) is 8.62.